The molecule has 1 saturated carbocycles. The SMILES string of the molecule is CO[C@@]1(C=O)/C=C/C[C@H](C)[C@@H](C)S(=O)(=O)NC(=O)c2ccc3c(c2)N(C[C@@H]2CC[C@H]21)C[C@@]1(CCCc2cc(Cl)ccc21)CO3.C[C@H]1CN2CCNC[C@H]2CO1. The maximum absolute atomic E-state index is 13.4. The van der Waals surface area contributed by atoms with Crippen LogP contribution in [0.2, 0.25) is 5.02 Å². The number of halogens is 1. The molecule has 0 radical (unpaired) electrons. The van der Waals surface area contributed by atoms with Crippen molar-refractivity contribution in [2.45, 2.75) is 87.7 Å². The van der Waals surface area contributed by atoms with Crippen molar-refractivity contribution >= 4 is 39.5 Å². The van der Waals surface area contributed by atoms with E-state index in [4.69, 9.17) is 25.8 Å². The highest BCUT2D eigenvalue weighted by molar-refractivity contribution is 7.90. The lowest BCUT2D eigenvalue weighted by Crippen LogP contribution is -2.58. The van der Waals surface area contributed by atoms with Crippen molar-refractivity contribution in [1.29, 1.82) is 0 Å². The number of fused-ring (bicyclic) bond motifs is 5. The average Bonchev–Trinajstić information content (AvgIpc) is 3.31. The second kappa shape index (κ2) is 16.5. The lowest BCUT2D eigenvalue weighted by molar-refractivity contribution is -0.135. The van der Waals surface area contributed by atoms with Gasteiger partial charge in [-0.05, 0) is 112 Å². The van der Waals surface area contributed by atoms with E-state index in [1.54, 1.807) is 32.2 Å². The third kappa shape index (κ3) is 8.23. The molecule has 2 bridgehead atoms. The van der Waals surface area contributed by atoms with Gasteiger partial charge in [0, 0.05) is 74.3 Å². The van der Waals surface area contributed by atoms with Crippen LogP contribution in [0, 0.1) is 17.8 Å². The number of anilines is 1. The number of aldehydes is 1. The number of carbonyl (C=O) groups excluding carboxylic acids is 2. The molecule has 8 atom stereocenters. The smallest absolute Gasteiger partial charge is 0.264 e. The minimum atomic E-state index is -3.97. The molecule has 2 aromatic carbocycles. The van der Waals surface area contributed by atoms with Gasteiger partial charge in [-0.2, -0.15) is 0 Å². The number of benzene rings is 2. The summed E-state index contributed by atoms with van der Waals surface area (Å²) in [5, 5.41) is 3.25. The van der Waals surface area contributed by atoms with Gasteiger partial charge >= 0.3 is 0 Å². The number of methoxy groups -OCH3 is 1. The number of amides is 1. The number of piperazine rings is 1. The van der Waals surface area contributed by atoms with E-state index in [2.05, 4.69) is 38.9 Å². The molecule has 0 unspecified atom stereocenters. The van der Waals surface area contributed by atoms with Crippen molar-refractivity contribution in [3.8, 4) is 5.75 Å². The Kier molecular flexibility index (Phi) is 12.0. The van der Waals surface area contributed by atoms with Crippen LogP contribution in [0.5, 0.6) is 5.75 Å². The molecule has 8 rings (SSSR count). The fraction of sp³-hybridized carbons (Fsp3) is 0.619. The van der Waals surface area contributed by atoms with Gasteiger partial charge in [-0.1, -0.05) is 30.7 Å². The van der Waals surface area contributed by atoms with Gasteiger partial charge in [-0.15, -0.1) is 0 Å². The quantitative estimate of drug-likeness (QED) is 0.312. The number of allylic oxidation sites excluding steroid dienone is 1. The third-order valence-corrected chi connectivity index (χ3v) is 15.4. The van der Waals surface area contributed by atoms with E-state index in [0.717, 1.165) is 70.3 Å². The first-order chi connectivity index (χ1) is 26.4. The summed E-state index contributed by atoms with van der Waals surface area (Å²) < 4.78 is 46.9. The normalized spacial score (nSPS) is 35.1. The summed E-state index contributed by atoms with van der Waals surface area (Å²) in [7, 11) is -2.41. The molecule has 3 fully saturated rings. The molecule has 13 heteroatoms. The molecule has 11 nitrogen and oxygen atoms in total. The number of rotatable bonds is 2. The van der Waals surface area contributed by atoms with Crippen LogP contribution < -0.4 is 19.7 Å². The van der Waals surface area contributed by atoms with Crippen LogP contribution in [-0.4, -0.2) is 108 Å². The molecule has 4 heterocycles. The van der Waals surface area contributed by atoms with Crippen LogP contribution in [0.3, 0.4) is 0 Å². The molecule has 0 aromatic heterocycles. The van der Waals surface area contributed by atoms with Crippen molar-refractivity contribution in [2.24, 2.45) is 17.8 Å². The molecule has 2 aromatic rings. The van der Waals surface area contributed by atoms with Gasteiger partial charge in [0.25, 0.3) is 5.91 Å². The zero-order valence-corrected chi connectivity index (χ0v) is 34.2. The van der Waals surface area contributed by atoms with Crippen molar-refractivity contribution in [3.63, 3.8) is 0 Å². The van der Waals surface area contributed by atoms with Crippen LogP contribution >= 0.6 is 11.6 Å². The molecule has 6 aliphatic rings. The Morgan fingerprint density at radius 2 is 1.93 bits per heavy atom. The van der Waals surface area contributed by atoms with E-state index in [-0.39, 0.29) is 28.7 Å². The fourth-order valence-corrected chi connectivity index (χ4v) is 11.0. The predicted octanol–water partition coefficient (Wildman–Crippen LogP) is 5.15. The summed E-state index contributed by atoms with van der Waals surface area (Å²) in [6.07, 6.45) is 10.1. The molecule has 4 aliphatic heterocycles. The van der Waals surface area contributed by atoms with Gasteiger partial charge in [0.1, 0.15) is 11.4 Å². The maximum Gasteiger partial charge on any atom is 0.264 e. The number of sulfonamides is 1. The summed E-state index contributed by atoms with van der Waals surface area (Å²) >= 11 is 6.40. The van der Waals surface area contributed by atoms with Crippen molar-refractivity contribution in [2.75, 3.05) is 64.5 Å². The van der Waals surface area contributed by atoms with Gasteiger partial charge in [-0.25, -0.2) is 13.1 Å². The Morgan fingerprint density at radius 3 is 2.69 bits per heavy atom. The first kappa shape index (κ1) is 40.2. The number of ether oxygens (including phenoxy) is 3. The Morgan fingerprint density at radius 1 is 1.09 bits per heavy atom. The number of carbonyl (C=O) groups is 2. The number of morpholine rings is 1. The molecule has 2 saturated heterocycles. The maximum atomic E-state index is 13.4. The standard InChI is InChI=1S/C34H41ClN2O6S.C8H16N2O/c1-22-6-4-15-34(20-38,42-3)29-11-8-26(29)18-37-19-33(14-5-7-24-16-27(35)10-12-28(24)33)21-43-31-13-9-25(17-30(31)37)32(39)36-44(40,41)23(22)2;1-7-5-10-3-2-9-4-8(10)6-11-7/h4,9-10,12-13,15-17,20,22-23,26,29H,5-8,11,14,18-19,21H2,1-3H3,(H,36,39);7-9H,2-6H2,1H3/b15-4+;/t22-,23+,26-,29+,33-,34+;7-,8-/m00/s1. The second-order valence-corrected chi connectivity index (χ2v) is 19.2. The summed E-state index contributed by atoms with van der Waals surface area (Å²) in [6, 6.07) is 11.9. The van der Waals surface area contributed by atoms with Crippen LogP contribution in [0.4, 0.5) is 5.69 Å². The van der Waals surface area contributed by atoms with E-state index in [9.17, 15) is 18.0 Å². The second-order valence-electron chi connectivity index (χ2n) is 16.7. The minimum absolute atomic E-state index is 0.0434. The van der Waals surface area contributed by atoms with E-state index in [0.29, 0.717) is 49.0 Å². The number of hydrogen-bond acceptors (Lipinski definition) is 10. The van der Waals surface area contributed by atoms with E-state index >= 15 is 0 Å². The number of aryl methyl sites for hydroxylation is 1. The minimum Gasteiger partial charge on any atom is -0.490 e. The van der Waals surface area contributed by atoms with Crippen molar-refractivity contribution in [3.05, 3.63) is 70.3 Å². The highest BCUT2D eigenvalue weighted by atomic mass is 35.5. The molecular formula is C42H57ClN4O7S. The van der Waals surface area contributed by atoms with Gasteiger partial charge in [0.15, 0.2) is 6.29 Å². The molecular weight excluding hydrogens is 740 g/mol. The molecule has 2 N–H and O–H groups in total. The summed E-state index contributed by atoms with van der Waals surface area (Å²) in [6.45, 7) is 12.8. The van der Waals surface area contributed by atoms with Crippen LogP contribution in [-0.2, 0) is 36.1 Å². The zero-order chi connectivity index (χ0) is 39.0. The Balaban J connectivity index is 0.000000360. The summed E-state index contributed by atoms with van der Waals surface area (Å²) in [5.74, 6) is -0.203. The van der Waals surface area contributed by atoms with Gasteiger partial charge in [0.2, 0.25) is 10.0 Å². The van der Waals surface area contributed by atoms with Gasteiger partial charge < -0.3 is 24.4 Å². The predicted molar refractivity (Wildman–Crippen MR) is 215 cm³/mol. The monoisotopic (exact) mass is 796 g/mol. The lowest BCUT2D eigenvalue weighted by atomic mass is 9.64. The Labute approximate surface area is 331 Å². The first-order valence-corrected chi connectivity index (χ1v) is 21.9. The van der Waals surface area contributed by atoms with Crippen LogP contribution in [0.25, 0.3) is 0 Å². The molecule has 300 valence electrons. The van der Waals surface area contributed by atoms with E-state index < -0.39 is 26.8 Å². The number of hydrogen-bond donors (Lipinski definition) is 2. The highest BCUT2D eigenvalue weighted by Crippen LogP contribution is 2.48. The van der Waals surface area contributed by atoms with Crippen molar-refractivity contribution < 1.29 is 32.2 Å². The third-order valence-electron chi connectivity index (χ3n) is 13.2. The lowest BCUT2D eigenvalue weighted by Gasteiger charge is -2.48. The van der Waals surface area contributed by atoms with Crippen LogP contribution in [0.15, 0.2) is 48.6 Å². The first-order valence-electron chi connectivity index (χ1n) is 20.0. The van der Waals surface area contributed by atoms with E-state index in [1.807, 2.05) is 25.1 Å². The highest BCUT2D eigenvalue weighted by Gasteiger charge is 2.49. The van der Waals surface area contributed by atoms with Crippen molar-refractivity contribution in [1.82, 2.24) is 14.9 Å². The molecule has 55 heavy (non-hydrogen) atoms. The number of nitrogens with one attached hydrogen (secondary N) is 2. The largest absolute Gasteiger partial charge is 0.490 e. The van der Waals surface area contributed by atoms with Crippen LogP contribution in [0.1, 0.15) is 74.4 Å². The molecule has 1 spiro atoms. The average molecular weight is 797 g/mol. The molecule has 2 aliphatic carbocycles. The zero-order valence-electron chi connectivity index (χ0n) is 32.6. The Bertz CT molecular complexity index is 1880. The summed E-state index contributed by atoms with van der Waals surface area (Å²) in [5.41, 5.74) is 2.05. The number of nitrogens with zero attached hydrogens (tertiary/aromatic N) is 2. The Hall–Kier alpha value is -3.00. The molecule has 1 amide bonds. The summed E-state index contributed by atoms with van der Waals surface area (Å²) in [4.78, 5) is 30.9. The fourth-order valence-electron chi connectivity index (χ4n) is 9.55. The van der Waals surface area contributed by atoms with Gasteiger partial charge in [-0.3, -0.25) is 14.5 Å². The van der Waals surface area contributed by atoms with Gasteiger partial charge in [0.05, 0.1) is 30.3 Å². The van der Waals surface area contributed by atoms with E-state index in [1.165, 1.54) is 17.7 Å². The topological polar surface area (TPSA) is 127 Å².